The van der Waals surface area contributed by atoms with Gasteiger partial charge in [-0.05, 0) is 43.9 Å². The van der Waals surface area contributed by atoms with Crippen LogP contribution in [0.1, 0.15) is 30.1 Å². The molecule has 1 aliphatic heterocycles. The van der Waals surface area contributed by atoms with Crippen molar-refractivity contribution >= 4 is 11.8 Å². The normalized spacial score (nSPS) is 14.9. The zero-order chi connectivity index (χ0) is 17.5. The molecule has 3 rings (SSSR count). The van der Waals surface area contributed by atoms with Crippen LogP contribution in [-0.2, 0) is 9.47 Å². The molecule has 1 aliphatic rings. The fourth-order valence-corrected chi connectivity index (χ4v) is 2.79. The lowest BCUT2D eigenvalue weighted by molar-refractivity contribution is 0.0526. The van der Waals surface area contributed by atoms with Crippen LogP contribution in [0.3, 0.4) is 0 Å². The highest BCUT2D eigenvalue weighted by molar-refractivity contribution is 5.90. The smallest absolute Gasteiger partial charge is 0.339 e. The van der Waals surface area contributed by atoms with Crippen molar-refractivity contribution in [1.82, 2.24) is 9.97 Å². The highest BCUT2D eigenvalue weighted by atomic mass is 16.5. The van der Waals surface area contributed by atoms with Crippen molar-refractivity contribution in [1.29, 1.82) is 0 Å². The van der Waals surface area contributed by atoms with Crippen LogP contribution in [0.5, 0.6) is 0 Å². The lowest BCUT2D eigenvalue weighted by atomic mass is 10.0. The van der Waals surface area contributed by atoms with Crippen LogP contribution in [0.25, 0.3) is 11.1 Å². The van der Waals surface area contributed by atoms with Gasteiger partial charge in [0.1, 0.15) is 5.82 Å². The summed E-state index contributed by atoms with van der Waals surface area (Å²) in [6, 6.07) is 5.70. The standard InChI is InChI=1S/C19H23N3O3/c1-2-25-19(23)17-9-16(11-20-12-17)15-3-4-18(22-13-15)21-10-14-5-7-24-8-6-14/h3-4,9,11-14H,2,5-8,10H2,1H3,(H,21,22). The molecule has 0 unspecified atom stereocenters. The van der Waals surface area contributed by atoms with Crippen molar-refractivity contribution in [2.24, 2.45) is 5.92 Å². The van der Waals surface area contributed by atoms with Gasteiger partial charge in [-0.2, -0.15) is 0 Å². The van der Waals surface area contributed by atoms with Gasteiger partial charge in [0.2, 0.25) is 0 Å². The van der Waals surface area contributed by atoms with Crippen molar-refractivity contribution in [2.45, 2.75) is 19.8 Å². The summed E-state index contributed by atoms with van der Waals surface area (Å²) in [4.78, 5) is 20.4. The number of rotatable bonds is 6. The van der Waals surface area contributed by atoms with E-state index in [4.69, 9.17) is 9.47 Å². The number of aromatic nitrogens is 2. The van der Waals surface area contributed by atoms with E-state index in [2.05, 4.69) is 15.3 Å². The maximum atomic E-state index is 11.8. The quantitative estimate of drug-likeness (QED) is 0.814. The second kappa shape index (κ2) is 8.58. The van der Waals surface area contributed by atoms with Crippen molar-refractivity contribution in [3.05, 3.63) is 42.4 Å². The molecular formula is C19H23N3O3. The number of hydrogen-bond acceptors (Lipinski definition) is 6. The third-order valence-corrected chi connectivity index (χ3v) is 4.26. The van der Waals surface area contributed by atoms with E-state index in [1.54, 1.807) is 25.4 Å². The van der Waals surface area contributed by atoms with Crippen LogP contribution < -0.4 is 5.32 Å². The SMILES string of the molecule is CCOC(=O)c1cncc(-c2ccc(NCC3CCOCC3)nc2)c1. The Balaban J connectivity index is 1.63. The minimum Gasteiger partial charge on any atom is -0.462 e. The van der Waals surface area contributed by atoms with Gasteiger partial charge in [-0.15, -0.1) is 0 Å². The molecule has 0 saturated carbocycles. The lowest BCUT2D eigenvalue weighted by Crippen LogP contribution is -2.22. The number of nitrogens with one attached hydrogen (secondary N) is 1. The summed E-state index contributed by atoms with van der Waals surface area (Å²) >= 11 is 0. The van der Waals surface area contributed by atoms with Crippen LogP contribution in [0.4, 0.5) is 5.82 Å². The molecule has 0 bridgehead atoms. The van der Waals surface area contributed by atoms with E-state index in [0.717, 1.165) is 49.5 Å². The third-order valence-electron chi connectivity index (χ3n) is 4.26. The minimum atomic E-state index is -0.362. The molecule has 1 N–H and O–H groups in total. The fourth-order valence-electron chi connectivity index (χ4n) is 2.79. The molecule has 0 amide bonds. The van der Waals surface area contributed by atoms with E-state index >= 15 is 0 Å². The van der Waals surface area contributed by atoms with Gasteiger partial charge in [0.05, 0.1) is 12.2 Å². The molecule has 0 atom stereocenters. The van der Waals surface area contributed by atoms with Crippen LogP contribution in [0.2, 0.25) is 0 Å². The number of pyridine rings is 2. The number of ether oxygens (including phenoxy) is 2. The van der Waals surface area contributed by atoms with Crippen LogP contribution in [-0.4, -0.2) is 42.3 Å². The van der Waals surface area contributed by atoms with Gasteiger partial charge in [0.15, 0.2) is 0 Å². The Hall–Kier alpha value is -2.47. The van der Waals surface area contributed by atoms with Crippen LogP contribution in [0.15, 0.2) is 36.8 Å². The number of esters is 1. The van der Waals surface area contributed by atoms with E-state index in [-0.39, 0.29) is 5.97 Å². The number of anilines is 1. The summed E-state index contributed by atoms with van der Waals surface area (Å²) in [6.45, 7) is 4.74. The predicted molar refractivity (Wildman–Crippen MR) is 95.5 cm³/mol. The molecule has 25 heavy (non-hydrogen) atoms. The summed E-state index contributed by atoms with van der Waals surface area (Å²) in [5, 5.41) is 3.38. The minimum absolute atomic E-state index is 0.345. The Labute approximate surface area is 147 Å². The van der Waals surface area contributed by atoms with Gasteiger partial charge >= 0.3 is 5.97 Å². The second-order valence-electron chi connectivity index (χ2n) is 6.05. The fraction of sp³-hybridized carbons (Fsp3) is 0.421. The highest BCUT2D eigenvalue weighted by Gasteiger charge is 2.13. The number of carbonyl (C=O) groups is 1. The van der Waals surface area contributed by atoms with Crippen LogP contribution in [0, 0.1) is 5.92 Å². The molecule has 2 aromatic rings. The molecule has 0 radical (unpaired) electrons. The monoisotopic (exact) mass is 341 g/mol. The first-order chi connectivity index (χ1) is 12.3. The maximum Gasteiger partial charge on any atom is 0.339 e. The van der Waals surface area contributed by atoms with E-state index in [1.165, 1.54) is 6.20 Å². The lowest BCUT2D eigenvalue weighted by Gasteiger charge is -2.22. The first kappa shape index (κ1) is 17.4. The number of nitrogens with zero attached hydrogens (tertiary/aromatic N) is 2. The zero-order valence-electron chi connectivity index (χ0n) is 14.4. The van der Waals surface area contributed by atoms with Crippen molar-refractivity contribution in [3.63, 3.8) is 0 Å². The zero-order valence-corrected chi connectivity index (χ0v) is 14.4. The first-order valence-corrected chi connectivity index (χ1v) is 8.66. The topological polar surface area (TPSA) is 73.3 Å². The molecule has 132 valence electrons. The largest absolute Gasteiger partial charge is 0.462 e. The summed E-state index contributed by atoms with van der Waals surface area (Å²) in [5.74, 6) is 1.13. The van der Waals surface area contributed by atoms with Gasteiger partial charge in [-0.1, -0.05) is 0 Å². The van der Waals surface area contributed by atoms with E-state index < -0.39 is 0 Å². The van der Waals surface area contributed by atoms with E-state index in [1.807, 2.05) is 12.1 Å². The van der Waals surface area contributed by atoms with Crippen molar-refractivity contribution < 1.29 is 14.3 Å². The van der Waals surface area contributed by atoms with Gasteiger partial charge in [0, 0.05) is 49.5 Å². The maximum absolute atomic E-state index is 11.8. The molecule has 0 spiro atoms. The molecule has 3 heterocycles. The molecule has 6 nitrogen and oxygen atoms in total. The molecule has 0 aliphatic carbocycles. The van der Waals surface area contributed by atoms with Crippen molar-refractivity contribution in [3.8, 4) is 11.1 Å². The predicted octanol–water partition coefficient (Wildman–Crippen LogP) is 3.16. The van der Waals surface area contributed by atoms with E-state index in [0.29, 0.717) is 18.1 Å². The van der Waals surface area contributed by atoms with Gasteiger partial charge in [-0.3, -0.25) is 4.98 Å². The van der Waals surface area contributed by atoms with Gasteiger partial charge in [-0.25, -0.2) is 9.78 Å². The summed E-state index contributed by atoms with van der Waals surface area (Å²) in [6.07, 6.45) is 7.21. The average molecular weight is 341 g/mol. The Morgan fingerprint density at radius 3 is 2.80 bits per heavy atom. The Bertz CT molecular complexity index is 697. The Morgan fingerprint density at radius 2 is 2.08 bits per heavy atom. The molecule has 1 saturated heterocycles. The highest BCUT2D eigenvalue weighted by Crippen LogP contribution is 2.21. The molecular weight excluding hydrogens is 318 g/mol. The second-order valence-corrected chi connectivity index (χ2v) is 6.05. The van der Waals surface area contributed by atoms with E-state index in [9.17, 15) is 4.79 Å². The Kier molecular flexibility index (Phi) is 5.95. The number of carbonyl (C=O) groups excluding carboxylic acids is 1. The van der Waals surface area contributed by atoms with Crippen LogP contribution >= 0.6 is 0 Å². The number of hydrogen-bond donors (Lipinski definition) is 1. The van der Waals surface area contributed by atoms with Gasteiger partial charge < -0.3 is 14.8 Å². The summed E-state index contributed by atoms with van der Waals surface area (Å²) < 4.78 is 10.4. The summed E-state index contributed by atoms with van der Waals surface area (Å²) in [7, 11) is 0. The van der Waals surface area contributed by atoms with Gasteiger partial charge in [0.25, 0.3) is 0 Å². The first-order valence-electron chi connectivity index (χ1n) is 8.66. The summed E-state index contributed by atoms with van der Waals surface area (Å²) in [5.41, 5.74) is 2.20. The molecule has 2 aromatic heterocycles. The third kappa shape index (κ3) is 4.76. The molecule has 0 aromatic carbocycles. The Morgan fingerprint density at radius 1 is 1.24 bits per heavy atom. The average Bonchev–Trinajstić information content (AvgIpc) is 2.68. The molecule has 1 fully saturated rings. The van der Waals surface area contributed by atoms with Crippen molar-refractivity contribution in [2.75, 3.05) is 31.7 Å². The molecule has 6 heteroatoms.